The van der Waals surface area contributed by atoms with Crippen molar-refractivity contribution in [2.75, 3.05) is 25.2 Å². The van der Waals surface area contributed by atoms with Crippen LogP contribution in [0.1, 0.15) is 23.7 Å². The van der Waals surface area contributed by atoms with Crippen molar-refractivity contribution < 1.29 is 13.9 Å². The van der Waals surface area contributed by atoms with E-state index in [2.05, 4.69) is 5.43 Å². The molecular weight excluding hydrogens is 249 g/mol. The number of amides is 1. The largest absolute Gasteiger partial charge is 0.377 e. The van der Waals surface area contributed by atoms with E-state index in [1.807, 2.05) is 6.92 Å². The molecule has 5 nitrogen and oxygen atoms in total. The van der Waals surface area contributed by atoms with Gasteiger partial charge in [-0.2, -0.15) is 0 Å². The third-order valence-corrected chi connectivity index (χ3v) is 3.35. The van der Waals surface area contributed by atoms with Crippen LogP contribution in [0.4, 0.5) is 10.1 Å². The number of nitrogens with two attached hydrogens (primary N) is 1. The maximum atomic E-state index is 13.6. The lowest BCUT2D eigenvalue weighted by atomic mass is 10.1. The quantitative estimate of drug-likeness (QED) is 0.641. The van der Waals surface area contributed by atoms with E-state index in [9.17, 15) is 9.18 Å². The van der Waals surface area contributed by atoms with E-state index in [1.54, 1.807) is 11.0 Å². The van der Waals surface area contributed by atoms with Crippen molar-refractivity contribution in [1.29, 1.82) is 0 Å². The molecule has 0 spiro atoms. The molecule has 1 aliphatic rings. The number of hydrogen-bond acceptors (Lipinski definition) is 4. The predicted molar refractivity (Wildman–Crippen MR) is 70.1 cm³/mol. The van der Waals surface area contributed by atoms with Crippen LogP contribution in [0.2, 0.25) is 0 Å². The van der Waals surface area contributed by atoms with Crippen molar-refractivity contribution in [1.82, 2.24) is 4.90 Å². The summed E-state index contributed by atoms with van der Waals surface area (Å²) in [5.41, 5.74) is 2.55. The smallest absolute Gasteiger partial charge is 0.256 e. The first-order chi connectivity index (χ1) is 9.19. The fraction of sp³-hybridized carbons (Fsp3) is 0.462. The van der Waals surface area contributed by atoms with Crippen LogP contribution in [0.25, 0.3) is 0 Å². The number of para-hydroxylation sites is 1. The van der Waals surface area contributed by atoms with Gasteiger partial charge < -0.3 is 15.1 Å². The van der Waals surface area contributed by atoms with Crippen LogP contribution < -0.4 is 11.3 Å². The summed E-state index contributed by atoms with van der Waals surface area (Å²) < 4.78 is 19.0. The van der Waals surface area contributed by atoms with Crippen LogP contribution in [0.15, 0.2) is 18.2 Å². The molecule has 0 saturated carbocycles. The third kappa shape index (κ3) is 2.69. The lowest BCUT2D eigenvalue weighted by Crippen LogP contribution is -2.48. The highest BCUT2D eigenvalue weighted by atomic mass is 19.1. The lowest BCUT2D eigenvalue weighted by molar-refractivity contribution is -0.00276. The second-order valence-electron chi connectivity index (χ2n) is 4.44. The molecule has 1 saturated heterocycles. The normalized spacial score (nSPS) is 19.3. The molecule has 1 unspecified atom stereocenters. The number of carbonyl (C=O) groups excluding carboxylic acids is 1. The second kappa shape index (κ2) is 5.99. The molecule has 3 N–H and O–H groups in total. The minimum absolute atomic E-state index is 0.0233. The molecule has 1 fully saturated rings. The van der Waals surface area contributed by atoms with E-state index in [0.29, 0.717) is 19.8 Å². The zero-order valence-electron chi connectivity index (χ0n) is 10.9. The Balaban J connectivity index is 2.30. The zero-order chi connectivity index (χ0) is 13.8. The van der Waals surface area contributed by atoms with Gasteiger partial charge in [-0.1, -0.05) is 13.0 Å². The monoisotopic (exact) mass is 267 g/mol. The van der Waals surface area contributed by atoms with Crippen molar-refractivity contribution >= 4 is 11.6 Å². The summed E-state index contributed by atoms with van der Waals surface area (Å²) in [6.45, 7) is 3.52. The molecule has 0 aliphatic carbocycles. The molecule has 1 amide bonds. The lowest BCUT2D eigenvalue weighted by Gasteiger charge is -2.35. The fourth-order valence-corrected chi connectivity index (χ4v) is 2.26. The maximum absolute atomic E-state index is 13.6. The van der Waals surface area contributed by atoms with Crippen LogP contribution in [0.3, 0.4) is 0 Å². The molecule has 0 bridgehead atoms. The highest BCUT2D eigenvalue weighted by Crippen LogP contribution is 2.22. The van der Waals surface area contributed by atoms with E-state index in [-0.39, 0.29) is 23.2 Å². The van der Waals surface area contributed by atoms with Gasteiger partial charge in [-0.15, -0.1) is 0 Å². The Hall–Kier alpha value is -1.66. The number of rotatable bonds is 3. The Bertz CT molecular complexity index is 467. The number of halogens is 1. The standard InChI is InChI=1S/C13H18FN3O2/c1-2-9-8-19-7-6-17(9)13(18)10-4-3-5-11(14)12(10)16-15/h3-5,9,16H,2,6-8,15H2,1H3. The topological polar surface area (TPSA) is 67.6 Å². The SMILES string of the molecule is CCC1COCCN1C(=O)c1cccc(F)c1NN. The van der Waals surface area contributed by atoms with Crippen molar-refractivity contribution in [3.05, 3.63) is 29.6 Å². The van der Waals surface area contributed by atoms with Gasteiger partial charge in [0.2, 0.25) is 0 Å². The number of nitrogen functional groups attached to an aromatic ring is 1. The maximum Gasteiger partial charge on any atom is 0.256 e. The van der Waals surface area contributed by atoms with Gasteiger partial charge in [-0.05, 0) is 18.6 Å². The average Bonchev–Trinajstić information content (AvgIpc) is 2.46. The molecular formula is C13H18FN3O2. The minimum Gasteiger partial charge on any atom is -0.377 e. The summed E-state index contributed by atoms with van der Waals surface area (Å²) >= 11 is 0. The number of nitrogens with one attached hydrogen (secondary N) is 1. The van der Waals surface area contributed by atoms with Gasteiger partial charge in [0.25, 0.3) is 5.91 Å². The number of morpholine rings is 1. The molecule has 2 rings (SSSR count). The Morgan fingerprint density at radius 2 is 2.42 bits per heavy atom. The van der Waals surface area contributed by atoms with Crippen LogP contribution in [0, 0.1) is 5.82 Å². The van der Waals surface area contributed by atoms with E-state index in [4.69, 9.17) is 10.6 Å². The highest BCUT2D eigenvalue weighted by Gasteiger charge is 2.28. The van der Waals surface area contributed by atoms with Gasteiger partial charge in [0.15, 0.2) is 0 Å². The average molecular weight is 267 g/mol. The van der Waals surface area contributed by atoms with Gasteiger partial charge in [0, 0.05) is 6.54 Å². The van der Waals surface area contributed by atoms with Crippen LogP contribution in [-0.2, 0) is 4.74 Å². The first-order valence-corrected chi connectivity index (χ1v) is 6.32. The van der Waals surface area contributed by atoms with Crippen molar-refractivity contribution in [2.24, 2.45) is 5.84 Å². The number of nitrogens with zero attached hydrogens (tertiary/aromatic N) is 1. The summed E-state index contributed by atoms with van der Waals surface area (Å²) in [4.78, 5) is 14.2. The number of hydrogen-bond donors (Lipinski definition) is 2. The number of ether oxygens (including phenoxy) is 1. The first kappa shape index (κ1) is 13.8. The van der Waals surface area contributed by atoms with E-state index in [1.165, 1.54) is 12.1 Å². The number of anilines is 1. The van der Waals surface area contributed by atoms with E-state index in [0.717, 1.165) is 6.42 Å². The number of hydrazine groups is 1. The van der Waals surface area contributed by atoms with Gasteiger partial charge in [-0.25, -0.2) is 4.39 Å². The Morgan fingerprint density at radius 3 is 3.11 bits per heavy atom. The molecule has 6 heteroatoms. The molecule has 1 aliphatic heterocycles. The number of carbonyl (C=O) groups is 1. The Morgan fingerprint density at radius 1 is 1.63 bits per heavy atom. The van der Waals surface area contributed by atoms with E-state index < -0.39 is 5.82 Å². The molecule has 19 heavy (non-hydrogen) atoms. The second-order valence-corrected chi connectivity index (χ2v) is 4.44. The minimum atomic E-state index is -0.533. The van der Waals surface area contributed by atoms with Crippen LogP contribution in [-0.4, -0.2) is 36.6 Å². The molecule has 0 aromatic heterocycles. The molecule has 0 radical (unpaired) electrons. The molecule has 1 aromatic rings. The summed E-state index contributed by atoms with van der Waals surface area (Å²) in [5.74, 6) is 4.55. The highest BCUT2D eigenvalue weighted by molar-refractivity contribution is 5.99. The van der Waals surface area contributed by atoms with Gasteiger partial charge >= 0.3 is 0 Å². The number of benzene rings is 1. The van der Waals surface area contributed by atoms with Crippen molar-refractivity contribution in [3.8, 4) is 0 Å². The van der Waals surface area contributed by atoms with E-state index >= 15 is 0 Å². The third-order valence-electron chi connectivity index (χ3n) is 3.35. The van der Waals surface area contributed by atoms with Gasteiger partial charge in [0.1, 0.15) is 5.82 Å². The summed E-state index contributed by atoms with van der Waals surface area (Å²) in [5, 5.41) is 0. The van der Waals surface area contributed by atoms with Gasteiger partial charge in [-0.3, -0.25) is 10.6 Å². The summed E-state index contributed by atoms with van der Waals surface area (Å²) in [7, 11) is 0. The molecule has 1 atom stereocenters. The van der Waals surface area contributed by atoms with Crippen molar-refractivity contribution in [3.63, 3.8) is 0 Å². The van der Waals surface area contributed by atoms with Crippen molar-refractivity contribution in [2.45, 2.75) is 19.4 Å². The van der Waals surface area contributed by atoms with Gasteiger partial charge in [0.05, 0.1) is 30.5 Å². The Labute approximate surface area is 111 Å². The predicted octanol–water partition coefficient (Wildman–Crippen LogP) is 1.36. The summed E-state index contributed by atoms with van der Waals surface area (Å²) in [6.07, 6.45) is 0.798. The summed E-state index contributed by atoms with van der Waals surface area (Å²) in [6, 6.07) is 4.37. The fourth-order valence-electron chi connectivity index (χ4n) is 2.26. The van der Waals surface area contributed by atoms with Crippen LogP contribution >= 0.6 is 0 Å². The van der Waals surface area contributed by atoms with Crippen LogP contribution in [0.5, 0.6) is 0 Å². The molecule has 1 aromatic carbocycles. The Kier molecular flexibility index (Phi) is 4.34. The zero-order valence-corrected chi connectivity index (χ0v) is 10.9. The molecule has 1 heterocycles. The first-order valence-electron chi connectivity index (χ1n) is 6.32. The molecule has 104 valence electrons.